The van der Waals surface area contributed by atoms with Gasteiger partial charge in [-0.05, 0) is 55.5 Å². The Balaban J connectivity index is 1.79. The Morgan fingerprint density at radius 1 is 1.28 bits per heavy atom. The highest BCUT2D eigenvalue weighted by Gasteiger charge is 2.26. The van der Waals surface area contributed by atoms with E-state index in [1.807, 2.05) is 6.92 Å². The lowest BCUT2D eigenvalue weighted by atomic mass is 10.0. The van der Waals surface area contributed by atoms with Crippen molar-refractivity contribution in [2.45, 2.75) is 31.7 Å². The summed E-state index contributed by atoms with van der Waals surface area (Å²) in [6.45, 7) is 5.64. The van der Waals surface area contributed by atoms with Gasteiger partial charge in [-0.2, -0.15) is 9.61 Å². The normalized spacial score (nSPS) is 15.3. The molecule has 1 aromatic carbocycles. The Bertz CT molecular complexity index is 936. The predicted octanol–water partition coefficient (Wildman–Crippen LogP) is 4.54. The van der Waals surface area contributed by atoms with Gasteiger partial charge in [0.15, 0.2) is 0 Å². The molecule has 1 aliphatic carbocycles. The third-order valence-corrected chi connectivity index (χ3v) is 4.46. The SMILES string of the molecule is C=CC(C)Nc1ncc2ccc(-c3c(F)cc(C4CC4)cc3F)nn12. The zero-order valence-electron chi connectivity index (χ0n) is 13.8. The molecule has 0 aliphatic heterocycles. The van der Waals surface area contributed by atoms with Crippen LogP contribution in [0.4, 0.5) is 14.7 Å². The fraction of sp³-hybridized carbons (Fsp3) is 0.263. The van der Waals surface area contributed by atoms with Gasteiger partial charge in [0.2, 0.25) is 5.95 Å². The molecule has 0 radical (unpaired) electrons. The zero-order chi connectivity index (χ0) is 17.6. The van der Waals surface area contributed by atoms with Gasteiger partial charge in [-0.3, -0.25) is 0 Å². The van der Waals surface area contributed by atoms with E-state index in [1.165, 1.54) is 12.1 Å². The van der Waals surface area contributed by atoms with Gasteiger partial charge in [-0.25, -0.2) is 13.8 Å². The van der Waals surface area contributed by atoms with Crippen LogP contribution in [0.1, 0.15) is 31.2 Å². The molecular weight excluding hydrogens is 322 g/mol. The first-order valence-corrected chi connectivity index (χ1v) is 8.30. The standard InChI is InChI=1S/C19H18F2N4/c1-3-11(2)23-19-22-10-14-6-7-17(24-25(14)19)18-15(20)8-13(9-16(18)21)12-4-5-12/h3,6-12H,1,4-5H2,2H3,(H,22,23). The van der Waals surface area contributed by atoms with Crippen molar-refractivity contribution >= 4 is 11.5 Å². The van der Waals surface area contributed by atoms with Gasteiger partial charge in [-0.1, -0.05) is 6.08 Å². The maximum absolute atomic E-state index is 14.5. The molecule has 6 heteroatoms. The Kier molecular flexibility index (Phi) is 3.75. The molecule has 1 fully saturated rings. The Morgan fingerprint density at radius 3 is 2.64 bits per heavy atom. The van der Waals surface area contributed by atoms with Gasteiger partial charge in [0.25, 0.3) is 0 Å². The van der Waals surface area contributed by atoms with Crippen LogP contribution in [0.3, 0.4) is 0 Å². The van der Waals surface area contributed by atoms with Crippen LogP contribution < -0.4 is 5.32 Å². The molecule has 1 aliphatic rings. The van der Waals surface area contributed by atoms with Crippen LogP contribution in [0, 0.1) is 11.6 Å². The van der Waals surface area contributed by atoms with Crippen molar-refractivity contribution in [2.75, 3.05) is 5.32 Å². The maximum atomic E-state index is 14.5. The van der Waals surface area contributed by atoms with Gasteiger partial charge in [-0.15, -0.1) is 6.58 Å². The van der Waals surface area contributed by atoms with Crippen molar-refractivity contribution in [3.8, 4) is 11.3 Å². The van der Waals surface area contributed by atoms with E-state index in [2.05, 4.69) is 22.0 Å². The first-order chi connectivity index (χ1) is 12.1. The number of nitrogens with zero attached hydrogens (tertiary/aromatic N) is 3. The molecule has 4 nitrogen and oxygen atoms in total. The summed E-state index contributed by atoms with van der Waals surface area (Å²) in [7, 11) is 0. The van der Waals surface area contributed by atoms with Crippen LogP contribution in [0.15, 0.2) is 43.1 Å². The molecule has 4 rings (SSSR count). The lowest BCUT2D eigenvalue weighted by Gasteiger charge is -2.11. The lowest BCUT2D eigenvalue weighted by molar-refractivity contribution is 0.584. The number of anilines is 1. The summed E-state index contributed by atoms with van der Waals surface area (Å²) in [5.74, 6) is -0.372. The second kappa shape index (κ2) is 5.95. The molecule has 0 spiro atoms. The molecule has 25 heavy (non-hydrogen) atoms. The van der Waals surface area contributed by atoms with E-state index in [0.717, 1.165) is 23.9 Å². The minimum atomic E-state index is -0.581. The molecule has 2 heterocycles. The van der Waals surface area contributed by atoms with E-state index >= 15 is 0 Å². The van der Waals surface area contributed by atoms with E-state index in [1.54, 1.807) is 28.9 Å². The highest BCUT2D eigenvalue weighted by atomic mass is 19.1. The van der Waals surface area contributed by atoms with Crippen molar-refractivity contribution in [1.29, 1.82) is 0 Å². The molecule has 0 amide bonds. The summed E-state index contributed by atoms with van der Waals surface area (Å²) >= 11 is 0. The van der Waals surface area contributed by atoms with Crippen molar-refractivity contribution in [3.05, 3.63) is 60.3 Å². The highest BCUT2D eigenvalue weighted by molar-refractivity contribution is 5.64. The molecule has 3 aromatic rings. The van der Waals surface area contributed by atoms with Crippen molar-refractivity contribution < 1.29 is 8.78 Å². The first kappa shape index (κ1) is 15.7. The molecule has 2 aromatic heterocycles. The first-order valence-electron chi connectivity index (χ1n) is 8.30. The van der Waals surface area contributed by atoms with Crippen LogP contribution in [0.5, 0.6) is 0 Å². The molecule has 1 unspecified atom stereocenters. The summed E-state index contributed by atoms with van der Waals surface area (Å²) in [4.78, 5) is 4.26. The number of benzene rings is 1. The smallest absolute Gasteiger partial charge is 0.224 e. The fourth-order valence-electron chi connectivity index (χ4n) is 2.87. The van der Waals surface area contributed by atoms with Gasteiger partial charge in [0, 0.05) is 6.04 Å². The van der Waals surface area contributed by atoms with Crippen molar-refractivity contribution in [2.24, 2.45) is 0 Å². The van der Waals surface area contributed by atoms with Crippen LogP contribution in [-0.4, -0.2) is 20.6 Å². The number of fused-ring (bicyclic) bond motifs is 1. The fourth-order valence-corrected chi connectivity index (χ4v) is 2.87. The average Bonchev–Trinajstić information content (AvgIpc) is 3.37. The third-order valence-electron chi connectivity index (χ3n) is 4.46. The van der Waals surface area contributed by atoms with Gasteiger partial charge in [0.1, 0.15) is 11.6 Å². The Labute approximate surface area is 144 Å². The monoisotopic (exact) mass is 340 g/mol. The molecule has 1 atom stereocenters. The second-order valence-electron chi connectivity index (χ2n) is 6.44. The zero-order valence-corrected chi connectivity index (χ0v) is 13.8. The van der Waals surface area contributed by atoms with E-state index in [0.29, 0.717) is 11.9 Å². The summed E-state index contributed by atoms with van der Waals surface area (Å²) in [6.07, 6.45) is 5.38. The molecule has 0 bridgehead atoms. The Morgan fingerprint density at radius 2 is 2.00 bits per heavy atom. The Hall–Kier alpha value is -2.76. The number of rotatable bonds is 5. The van der Waals surface area contributed by atoms with Gasteiger partial charge >= 0.3 is 0 Å². The van der Waals surface area contributed by atoms with E-state index < -0.39 is 11.6 Å². The number of aromatic nitrogens is 3. The van der Waals surface area contributed by atoms with Crippen LogP contribution in [0.25, 0.3) is 16.8 Å². The minimum Gasteiger partial charge on any atom is -0.348 e. The second-order valence-corrected chi connectivity index (χ2v) is 6.44. The molecule has 1 N–H and O–H groups in total. The number of nitrogens with one attached hydrogen (secondary N) is 1. The summed E-state index contributed by atoms with van der Waals surface area (Å²) in [6, 6.07) is 6.19. The molecular formula is C19H18F2N4. The van der Waals surface area contributed by atoms with Crippen LogP contribution >= 0.6 is 0 Å². The highest BCUT2D eigenvalue weighted by Crippen LogP contribution is 2.41. The van der Waals surface area contributed by atoms with Gasteiger partial charge < -0.3 is 5.32 Å². The third kappa shape index (κ3) is 2.88. The summed E-state index contributed by atoms with van der Waals surface area (Å²) < 4.78 is 30.6. The van der Waals surface area contributed by atoms with E-state index in [4.69, 9.17) is 0 Å². The van der Waals surface area contributed by atoms with Crippen LogP contribution in [0.2, 0.25) is 0 Å². The summed E-state index contributed by atoms with van der Waals surface area (Å²) in [5, 5.41) is 7.52. The topological polar surface area (TPSA) is 42.2 Å². The molecule has 0 saturated heterocycles. The predicted molar refractivity (Wildman–Crippen MR) is 93.6 cm³/mol. The van der Waals surface area contributed by atoms with E-state index in [-0.39, 0.29) is 17.3 Å². The quantitative estimate of drug-likeness (QED) is 0.694. The van der Waals surface area contributed by atoms with Gasteiger partial charge in [0.05, 0.1) is 23.0 Å². The molecule has 128 valence electrons. The van der Waals surface area contributed by atoms with E-state index in [9.17, 15) is 8.78 Å². The largest absolute Gasteiger partial charge is 0.348 e. The number of halogens is 2. The molecule has 1 saturated carbocycles. The van der Waals surface area contributed by atoms with Crippen molar-refractivity contribution in [3.63, 3.8) is 0 Å². The maximum Gasteiger partial charge on any atom is 0.224 e. The minimum absolute atomic E-state index is 0.0117. The number of hydrogen-bond acceptors (Lipinski definition) is 3. The van der Waals surface area contributed by atoms with Crippen LogP contribution in [-0.2, 0) is 0 Å². The average molecular weight is 340 g/mol. The summed E-state index contributed by atoms with van der Waals surface area (Å²) in [5.41, 5.74) is 1.59. The number of hydrogen-bond donors (Lipinski definition) is 1. The number of imidazole rings is 1. The lowest BCUT2D eigenvalue weighted by Crippen LogP contribution is -2.14. The van der Waals surface area contributed by atoms with Crippen molar-refractivity contribution in [1.82, 2.24) is 14.6 Å².